The number of ether oxygens (including phenoxy) is 2. The number of carbonyl (C=O) groups is 1. The molecule has 4 aromatic rings. The minimum Gasteiger partial charge on any atom is -0.493 e. The molecule has 0 saturated carbocycles. The van der Waals surface area contributed by atoms with Crippen LogP contribution in [0.3, 0.4) is 0 Å². The number of hydrogen-bond acceptors (Lipinski definition) is 4. The second-order valence-electron chi connectivity index (χ2n) is 9.57. The van der Waals surface area contributed by atoms with E-state index in [4.69, 9.17) is 9.47 Å². The first kappa shape index (κ1) is 24.8. The summed E-state index contributed by atoms with van der Waals surface area (Å²) in [5.41, 5.74) is 2.31. The Balaban J connectivity index is 1.22. The fourth-order valence-corrected chi connectivity index (χ4v) is 5.02. The first-order valence-electron chi connectivity index (χ1n) is 12.8. The van der Waals surface area contributed by atoms with Gasteiger partial charge in [0.15, 0.2) is 0 Å². The largest absolute Gasteiger partial charge is 0.493 e. The van der Waals surface area contributed by atoms with Crippen LogP contribution in [0.15, 0.2) is 85.1 Å². The van der Waals surface area contributed by atoms with Crippen LogP contribution in [0.25, 0.3) is 10.9 Å². The first-order chi connectivity index (χ1) is 18.1. The smallest absolute Gasteiger partial charge is 0.224 e. The standard InChI is InChI=1S/C30H32FN3O3/c31-25-7-6-10-27(16-25)37-21-22-15-23(30(35)32-13-14-36-26-8-2-1-3-9-26)19-34(18-22)20-24-17-33-29-12-5-4-11-28(24)29/h1-12,16-17,22-23,33H,13-15,18-21H2,(H,32,35)/t22-,23+/m0/s1. The molecule has 5 rings (SSSR count). The molecular weight excluding hydrogens is 469 g/mol. The summed E-state index contributed by atoms with van der Waals surface area (Å²) in [6.45, 7) is 3.48. The number of para-hydroxylation sites is 2. The van der Waals surface area contributed by atoms with Crippen molar-refractivity contribution in [1.29, 1.82) is 0 Å². The second-order valence-corrected chi connectivity index (χ2v) is 9.57. The van der Waals surface area contributed by atoms with Gasteiger partial charge in [-0.25, -0.2) is 4.39 Å². The third kappa shape index (κ3) is 6.68. The van der Waals surface area contributed by atoms with Crippen molar-refractivity contribution < 1.29 is 18.7 Å². The van der Waals surface area contributed by atoms with Gasteiger partial charge in [-0.3, -0.25) is 9.69 Å². The van der Waals surface area contributed by atoms with E-state index in [1.54, 1.807) is 12.1 Å². The van der Waals surface area contributed by atoms with Gasteiger partial charge in [0.2, 0.25) is 5.91 Å². The van der Waals surface area contributed by atoms with Crippen molar-refractivity contribution in [3.63, 3.8) is 0 Å². The van der Waals surface area contributed by atoms with Gasteiger partial charge in [0.25, 0.3) is 0 Å². The fraction of sp³-hybridized carbons (Fsp3) is 0.300. The van der Waals surface area contributed by atoms with Crippen LogP contribution in [0, 0.1) is 17.7 Å². The summed E-state index contributed by atoms with van der Waals surface area (Å²) in [7, 11) is 0. The highest BCUT2D eigenvalue weighted by Crippen LogP contribution is 2.27. The van der Waals surface area contributed by atoms with Crippen LogP contribution in [-0.2, 0) is 11.3 Å². The van der Waals surface area contributed by atoms with E-state index >= 15 is 0 Å². The summed E-state index contributed by atoms with van der Waals surface area (Å²) < 4.78 is 25.2. The summed E-state index contributed by atoms with van der Waals surface area (Å²) in [5.74, 6) is 0.963. The number of H-pyrrole nitrogens is 1. The van der Waals surface area contributed by atoms with Crippen LogP contribution in [0.4, 0.5) is 4.39 Å². The van der Waals surface area contributed by atoms with Gasteiger partial charge in [0.1, 0.15) is 23.9 Å². The molecule has 1 aliphatic heterocycles. The Kier molecular flexibility index (Phi) is 8.01. The number of benzene rings is 3. The molecule has 1 aromatic heterocycles. The molecule has 0 aliphatic carbocycles. The van der Waals surface area contributed by atoms with Crippen LogP contribution in [0.1, 0.15) is 12.0 Å². The number of rotatable bonds is 10. The Hall–Kier alpha value is -3.84. The highest BCUT2D eigenvalue weighted by atomic mass is 19.1. The van der Waals surface area contributed by atoms with Gasteiger partial charge in [-0.2, -0.15) is 0 Å². The van der Waals surface area contributed by atoms with Gasteiger partial charge in [0, 0.05) is 48.7 Å². The zero-order chi connectivity index (χ0) is 25.5. The van der Waals surface area contributed by atoms with Crippen LogP contribution in [0.5, 0.6) is 11.5 Å². The molecule has 0 radical (unpaired) electrons. The highest BCUT2D eigenvalue weighted by molar-refractivity contribution is 5.83. The average molecular weight is 502 g/mol. The van der Waals surface area contributed by atoms with Crippen LogP contribution >= 0.6 is 0 Å². The monoisotopic (exact) mass is 501 g/mol. The summed E-state index contributed by atoms with van der Waals surface area (Å²) in [4.78, 5) is 18.8. The molecule has 37 heavy (non-hydrogen) atoms. The number of likely N-dealkylation sites (tertiary alicyclic amines) is 1. The molecule has 0 unspecified atom stereocenters. The maximum absolute atomic E-state index is 13.6. The number of piperidine rings is 1. The number of fused-ring (bicyclic) bond motifs is 1. The third-order valence-corrected chi connectivity index (χ3v) is 6.75. The maximum Gasteiger partial charge on any atom is 0.224 e. The van der Waals surface area contributed by atoms with Gasteiger partial charge < -0.3 is 19.8 Å². The maximum atomic E-state index is 13.6. The van der Waals surface area contributed by atoms with E-state index in [9.17, 15) is 9.18 Å². The SMILES string of the molecule is O=C(NCCOc1ccccc1)[C@@H]1C[C@H](COc2cccc(F)c2)CN(Cc2c[nH]c3ccccc23)C1. The lowest BCUT2D eigenvalue weighted by Gasteiger charge is -2.37. The van der Waals surface area contributed by atoms with Crippen molar-refractivity contribution in [1.82, 2.24) is 15.2 Å². The lowest BCUT2D eigenvalue weighted by atomic mass is 9.88. The Labute approximate surface area is 216 Å². The van der Waals surface area contributed by atoms with Crippen molar-refractivity contribution in [3.8, 4) is 11.5 Å². The molecule has 1 amide bonds. The lowest BCUT2D eigenvalue weighted by molar-refractivity contribution is -0.127. The Morgan fingerprint density at radius 2 is 1.78 bits per heavy atom. The molecule has 6 nitrogen and oxygen atoms in total. The second kappa shape index (κ2) is 11.9. The number of amides is 1. The molecule has 7 heteroatoms. The number of halogens is 1. The summed E-state index contributed by atoms with van der Waals surface area (Å²) in [6.07, 6.45) is 2.76. The Morgan fingerprint density at radius 3 is 2.65 bits per heavy atom. The predicted octanol–water partition coefficient (Wildman–Crippen LogP) is 5.02. The van der Waals surface area contributed by atoms with Gasteiger partial charge in [-0.05, 0) is 42.3 Å². The number of nitrogens with one attached hydrogen (secondary N) is 2. The number of aromatic amines is 1. The first-order valence-corrected chi connectivity index (χ1v) is 12.8. The number of carbonyl (C=O) groups excluding carboxylic acids is 1. The molecular formula is C30H32FN3O3. The van der Waals surface area contributed by atoms with E-state index in [-0.39, 0.29) is 23.6 Å². The lowest BCUT2D eigenvalue weighted by Crippen LogP contribution is -2.47. The third-order valence-electron chi connectivity index (χ3n) is 6.75. The molecule has 192 valence electrons. The Bertz CT molecular complexity index is 1310. The Morgan fingerprint density at radius 1 is 0.973 bits per heavy atom. The molecule has 2 heterocycles. The fourth-order valence-electron chi connectivity index (χ4n) is 5.02. The normalized spacial score (nSPS) is 18.0. The highest BCUT2D eigenvalue weighted by Gasteiger charge is 2.32. The van der Waals surface area contributed by atoms with Crippen LogP contribution in [0.2, 0.25) is 0 Å². The van der Waals surface area contributed by atoms with Gasteiger partial charge in [-0.15, -0.1) is 0 Å². The van der Waals surface area contributed by atoms with Crippen molar-refractivity contribution in [2.24, 2.45) is 11.8 Å². The van der Waals surface area contributed by atoms with Gasteiger partial charge >= 0.3 is 0 Å². The van der Waals surface area contributed by atoms with Crippen molar-refractivity contribution in [2.45, 2.75) is 13.0 Å². The van der Waals surface area contributed by atoms with E-state index in [0.717, 1.165) is 24.4 Å². The van der Waals surface area contributed by atoms with Crippen LogP contribution in [-0.4, -0.2) is 48.6 Å². The molecule has 0 spiro atoms. The topological polar surface area (TPSA) is 66.6 Å². The summed E-state index contributed by atoms with van der Waals surface area (Å²) in [6, 6.07) is 24.0. The molecule has 1 fully saturated rings. The zero-order valence-corrected chi connectivity index (χ0v) is 20.7. The van der Waals surface area contributed by atoms with Gasteiger partial charge in [0.05, 0.1) is 19.1 Å². The average Bonchev–Trinajstić information content (AvgIpc) is 3.33. The molecule has 3 aromatic carbocycles. The number of hydrogen-bond donors (Lipinski definition) is 2. The minimum atomic E-state index is -0.322. The molecule has 1 aliphatic rings. The van der Waals surface area contributed by atoms with Crippen molar-refractivity contribution >= 4 is 16.8 Å². The predicted molar refractivity (Wildman–Crippen MR) is 142 cm³/mol. The van der Waals surface area contributed by atoms with E-state index in [1.165, 1.54) is 23.1 Å². The molecule has 2 N–H and O–H groups in total. The van der Waals surface area contributed by atoms with E-state index in [1.807, 2.05) is 48.7 Å². The van der Waals surface area contributed by atoms with Crippen molar-refractivity contribution in [3.05, 3.63) is 96.4 Å². The summed E-state index contributed by atoms with van der Waals surface area (Å²) >= 11 is 0. The quantitative estimate of drug-likeness (QED) is 0.300. The van der Waals surface area contributed by atoms with E-state index in [2.05, 4.69) is 27.3 Å². The molecule has 0 bridgehead atoms. The minimum absolute atomic E-state index is 0.0241. The van der Waals surface area contributed by atoms with Gasteiger partial charge in [-0.1, -0.05) is 42.5 Å². The van der Waals surface area contributed by atoms with E-state index < -0.39 is 0 Å². The number of nitrogens with zero attached hydrogens (tertiary/aromatic N) is 1. The van der Waals surface area contributed by atoms with Crippen molar-refractivity contribution in [2.75, 3.05) is 32.8 Å². The summed E-state index contributed by atoms with van der Waals surface area (Å²) in [5, 5.41) is 4.24. The molecule has 2 atom stereocenters. The zero-order valence-electron chi connectivity index (χ0n) is 20.7. The number of aromatic nitrogens is 1. The van der Waals surface area contributed by atoms with Crippen LogP contribution < -0.4 is 14.8 Å². The molecule has 1 saturated heterocycles. The van der Waals surface area contributed by atoms with E-state index in [0.29, 0.717) is 38.5 Å².